The molecule has 0 aliphatic heterocycles. The topological polar surface area (TPSA) is 55.5 Å². The van der Waals surface area contributed by atoms with Crippen molar-refractivity contribution in [2.75, 3.05) is 20.3 Å². The van der Waals surface area contributed by atoms with Gasteiger partial charge in [0, 0.05) is 18.0 Å². The van der Waals surface area contributed by atoms with Crippen LogP contribution in [0.1, 0.15) is 17.0 Å². The van der Waals surface area contributed by atoms with E-state index in [1.54, 1.807) is 7.11 Å². The fourth-order valence-electron chi connectivity index (χ4n) is 1.47. The van der Waals surface area contributed by atoms with Gasteiger partial charge in [-0.15, -0.1) is 0 Å². The molecule has 0 spiro atoms. The molecule has 1 aromatic carbocycles. The van der Waals surface area contributed by atoms with Crippen molar-refractivity contribution in [2.45, 2.75) is 12.8 Å². The largest absolute Gasteiger partial charge is 0.496 e. The van der Waals surface area contributed by atoms with Crippen LogP contribution < -0.4 is 10.5 Å². The van der Waals surface area contributed by atoms with E-state index in [0.717, 1.165) is 16.9 Å². The van der Waals surface area contributed by atoms with E-state index in [0.29, 0.717) is 6.54 Å². The highest BCUT2D eigenvalue weighted by atomic mass is 16.5. The molecule has 0 heterocycles. The minimum atomic E-state index is -0.0372. The second-order valence-electron chi connectivity index (χ2n) is 3.36. The maximum atomic E-state index is 9.15. The standard InChI is InChI=1S/C11H17NO2/c1-8-3-4-11(14-2)10(5-8)9(6-12)7-13/h3-5,9,13H,6-7,12H2,1-2H3. The van der Waals surface area contributed by atoms with Crippen molar-refractivity contribution in [1.82, 2.24) is 0 Å². The smallest absolute Gasteiger partial charge is 0.122 e. The predicted octanol–water partition coefficient (Wildman–Crippen LogP) is 1.04. The number of nitrogens with two attached hydrogens (primary N) is 1. The maximum absolute atomic E-state index is 9.15. The normalized spacial score (nSPS) is 12.6. The Morgan fingerprint density at radius 1 is 1.50 bits per heavy atom. The van der Waals surface area contributed by atoms with E-state index >= 15 is 0 Å². The van der Waals surface area contributed by atoms with Crippen molar-refractivity contribution in [1.29, 1.82) is 0 Å². The Kier molecular flexibility index (Phi) is 3.92. The molecule has 14 heavy (non-hydrogen) atoms. The Labute approximate surface area is 84.5 Å². The highest BCUT2D eigenvalue weighted by molar-refractivity contribution is 5.39. The maximum Gasteiger partial charge on any atom is 0.122 e. The lowest BCUT2D eigenvalue weighted by Crippen LogP contribution is -2.16. The lowest BCUT2D eigenvalue weighted by molar-refractivity contribution is 0.264. The third kappa shape index (κ3) is 2.25. The van der Waals surface area contributed by atoms with E-state index in [9.17, 15) is 0 Å². The molecule has 1 aromatic rings. The average molecular weight is 195 g/mol. The lowest BCUT2D eigenvalue weighted by atomic mass is 9.97. The van der Waals surface area contributed by atoms with E-state index in [1.165, 1.54) is 0 Å². The number of ether oxygens (including phenoxy) is 1. The third-order valence-corrected chi connectivity index (χ3v) is 2.33. The molecule has 0 aromatic heterocycles. The van der Waals surface area contributed by atoms with Crippen LogP contribution in [-0.4, -0.2) is 25.4 Å². The molecule has 0 aliphatic carbocycles. The molecule has 78 valence electrons. The van der Waals surface area contributed by atoms with Gasteiger partial charge in [0.25, 0.3) is 0 Å². The minimum Gasteiger partial charge on any atom is -0.496 e. The molecule has 1 unspecified atom stereocenters. The third-order valence-electron chi connectivity index (χ3n) is 2.33. The summed E-state index contributed by atoms with van der Waals surface area (Å²) in [6.07, 6.45) is 0. The zero-order valence-electron chi connectivity index (χ0n) is 8.66. The van der Waals surface area contributed by atoms with Crippen LogP contribution in [0.4, 0.5) is 0 Å². The van der Waals surface area contributed by atoms with E-state index in [-0.39, 0.29) is 12.5 Å². The van der Waals surface area contributed by atoms with Crippen molar-refractivity contribution in [3.8, 4) is 5.75 Å². The number of aryl methyl sites for hydroxylation is 1. The summed E-state index contributed by atoms with van der Waals surface area (Å²) < 4.78 is 5.22. The zero-order chi connectivity index (χ0) is 10.6. The van der Waals surface area contributed by atoms with Crippen LogP contribution in [-0.2, 0) is 0 Å². The van der Waals surface area contributed by atoms with E-state index in [1.807, 2.05) is 25.1 Å². The number of hydrogen-bond donors (Lipinski definition) is 2. The van der Waals surface area contributed by atoms with Crippen LogP contribution in [0.3, 0.4) is 0 Å². The zero-order valence-corrected chi connectivity index (χ0v) is 8.66. The molecule has 0 bridgehead atoms. The summed E-state index contributed by atoms with van der Waals surface area (Å²) in [4.78, 5) is 0. The predicted molar refractivity (Wildman–Crippen MR) is 56.6 cm³/mol. The number of benzene rings is 1. The first kappa shape index (κ1) is 11.0. The summed E-state index contributed by atoms with van der Waals surface area (Å²) >= 11 is 0. The molecule has 0 saturated heterocycles. The molecule has 3 N–H and O–H groups in total. The summed E-state index contributed by atoms with van der Waals surface area (Å²) in [6, 6.07) is 5.89. The van der Waals surface area contributed by atoms with E-state index in [4.69, 9.17) is 15.6 Å². The summed E-state index contributed by atoms with van der Waals surface area (Å²) in [5.74, 6) is 0.755. The van der Waals surface area contributed by atoms with Crippen LogP contribution in [0, 0.1) is 6.92 Å². The number of hydrogen-bond acceptors (Lipinski definition) is 3. The van der Waals surface area contributed by atoms with Gasteiger partial charge in [-0.2, -0.15) is 0 Å². The van der Waals surface area contributed by atoms with Gasteiger partial charge in [0.1, 0.15) is 5.75 Å². The monoisotopic (exact) mass is 195 g/mol. The van der Waals surface area contributed by atoms with Crippen LogP contribution in [0.15, 0.2) is 18.2 Å². The molecule has 0 saturated carbocycles. The second-order valence-corrected chi connectivity index (χ2v) is 3.36. The van der Waals surface area contributed by atoms with Crippen LogP contribution in [0.2, 0.25) is 0 Å². The second kappa shape index (κ2) is 4.98. The fraction of sp³-hybridized carbons (Fsp3) is 0.455. The first-order chi connectivity index (χ1) is 6.72. The Hall–Kier alpha value is -1.06. The molecule has 0 radical (unpaired) electrons. The molecule has 1 rings (SSSR count). The molecule has 3 heteroatoms. The first-order valence-electron chi connectivity index (χ1n) is 4.68. The van der Waals surface area contributed by atoms with Gasteiger partial charge in [0.15, 0.2) is 0 Å². The van der Waals surface area contributed by atoms with Gasteiger partial charge in [0.05, 0.1) is 13.7 Å². The summed E-state index contributed by atoms with van der Waals surface area (Å²) in [6.45, 7) is 2.49. The van der Waals surface area contributed by atoms with Gasteiger partial charge in [-0.1, -0.05) is 17.7 Å². The SMILES string of the molecule is COc1ccc(C)cc1C(CN)CO. The van der Waals surface area contributed by atoms with Gasteiger partial charge >= 0.3 is 0 Å². The minimum absolute atomic E-state index is 0.0372. The Morgan fingerprint density at radius 2 is 2.21 bits per heavy atom. The lowest BCUT2D eigenvalue weighted by Gasteiger charge is -2.16. The first-order valence-corrected chi connectivity index (χ1v) is 4.68. The highest BCUT2D eigenvalue weighted by Gasteiger charge is 2.13. The molecular formula is C11H17NO2. The van der Waals surface area contributed by atoms with Crippen molar-refractivity contribution < 1.29 is 9.84 Å². The van der Waals surface area contributed by atoms with Crippen LogP contribution in [0.5, 0.6) is 5.75 Å². The Morgan fingerprint density at radius 3 is 2.71 bits per heavy atom. The molecule has 0 amide bonds. The van der Waals surface area contributed by atoms with E-state index < -0.39 is 0 Å². The van der Waals surface area contributed by atoms with Crippen molar-refractivity contribution in [3.05, 3.63) is 29.3 Å². The van der Waals surface area contributed by atoms with Gasteiger partial charge in [-0.3, -0.25) is 0 Å². The molecule has 0 aliphatic rings. The number of rotatable bonds is 4. The van der Waals surface area contributed by atoms with Crippen molar-refractivity contribution in [3.63, 3.8) is 0 Å². The van der Waals surface area contributed by atoms with Crippen molar-refractivity contribution in [2.24, 2.45) is 5.73 Å². The van der Waals surface area contributed by atoms with Crippen molar-refractivity contribution >= 4 is 0 Å². The number of methoxy groups -OCH3 is 1. The molecule has 0 fully saturated rings. The van der Waals surface area contributed by atoms with Gasteiger partial charge in [0.2, 0.25) is 0 Å². The summed E-state index contributed by atoms with van der Waals surface area (Å²) in [7, 11) is 1.62. The van der Waals surface area contributed by atoms with Gasteiger partial charge in [-0.05, 0) is 13.0 Å². The number of aliphatic hydroxyl groups excluding tert-OH is 1. The molecule has 1 atom stereocenters. The fourth-order valence-corrected chi connectivity index (χ4v) is 1.47. The van der Waals surface area contributed by atoms with Crippen LogP contribution >= 0.6 is 0 Å². The Balaban J connectivity index is 3.08. The van der Waals surface area contributed by atoms with E-state index in [2.05, 4.69) is 0 Å². The van der Waals surface area contributed by atoms with Crippen LogP contribution in [0.25, 0.3) is 0 Å². The highest BCUT2D eigenvalue weighted by Crippen LogP contribution is 2.26. The quantitative estimate of drug-likeness (QED) is 0.754. The Bertz CT molecular complexity index is 295. The molecular weight excluding hydrogens is 178 g/mol. The number of aliphatic hydroxyl groups is 1. The van der Waals surface area contributed by atoms with Gasteiger partial charge in [-0.25, -0.2) is 0 Å². The summed E-state index contributed by atoms with van der Waals surface area (Å²) in [5.41, 5.74) is 7.70. The average Bonchev–Trinajstić information content (AvgIpc) is 2.20. The van der Waals surface area contributed by atoms with Gasteiger partial charge < -0.3 is 15.6 Å². The molecule has 3 nitrogen and oxygen atoms in total. The summed E-state index contributed by atoms with van der Waals surface area (Å²) in [5, 5.41) is 9.15.